The number of ether oxygens (including phenoxy) is 1. The van der Waals surface area contributed by atoms with E-state index in [1.807, 2.05) is 49.5 Å². The Balaban J connectivity index is 1.74. The minimum Gasteiger partial charge on any atom is -0.508 e. The molecule has 0 aliphatic rings. The Bertz CT molecular complexity index is 736. The highest BCUT2D eigenvalue weighted by Crippen LogP contribution is 2.23. The van der Waals surface area contributed by atoms with E-state index in [2.05, 4.69) is 10.3 Å². The van der Waals surface area contributed by atoms with Gasteiger partial charge in [0, 0.05) is 12.6 Å². The van der Waals surface area contributed by atoms with Gasteiger partial charge in [-0.05, 0) is 29.8 Å². The topological polar surface area (TPSA) is 60.2 Å². The highest BCUT2D eigenvalue weighted by atomic mass is 16.5. The van der Waals surface area contributed by atoms with E-state index in [0.29, 0.717) is 13.2 Å². The van der Waals surface area contributed by atoms with Gasteiger partial charge in [-0.25, -0.2) is 4.68 Å². The molecule has 3 aromatic rings. The second kappa shape index (κ2) is 6.41. The number of phenolic OH excluding ortho intramolecular Hbond substituents is 1. The van der Waals surface area contributed by atoms with Gasteiger partial charge in [0.2, 0.25) is 0 Å². The molecule has 112 valence electrons. The van der Waals surface area contributed by atoms with E-state index < -0.39 is 0 Å². The van der Waals surface area contributed by atoms with Gasteiger partial charge >= 0.3 is 0 Å². The smallest absolute Gasteiger partial charge is 0.118 e. The van der Waals surface area contributed by atoms with Gasteiger partial charge in [-0.3, -0.25) is 0 Å². The van der Waals surface area contributed by atoms with Crippen LogP contribution in [0.5, 0.6) is 5.75 Å². The molecular formula is C17H17N3O2. The molecule has 0 atom stereocenters. The molecule has 0 saturated heterocycles. The molecule has 0 aliphatic carbocycles. The van der Waals surface area contributed by atoms with E-state index in [1.54, 1.807) is 16.8 Å². The van der Waals surface area contributed by atoms with Crippen LogP contribution in [-0.2, 0) is 25.0 Å². The summed E-state index contributed by atoms with van der Waals surface area (Å²) in [5.74, 6) is 0.231. The third-order valence-electron chi connectivity index (χ3n) is 3.43. The fourth-order valence-electron chi connectivity index (χ4n) is 2.22. The Morgan fingerprint density at radius 3 is 2.45 bits per heavy atom. The van der Waals surface area contributed by atoms with Crippen LogP contribution in [0, 0.1) is 0 Å². The average Bonchev–Trinajstić information content (AvgIpc) is 2.90. The Morgan fingerprint density at radius 1 is 1.00 bits per heavy atom. The SMILES string of the molecule is Cn1nnc(-c2ccc(O)cc2)c1COCc1ccccc1. The molecule has 0 amide bonds. The minimum absolute atomic E-state index is 0.231. The number of phenols is 1. The molecule has 0 unspecified atom stereocenters. The second-order valence-electron chi connectivity index (χ2n) is 5.03. The quantitative estimate of drug-likeness (QED) is 0.786. The van der Waals surface area contributed by atoms with Crippen molar-refractivity contribution in [2.45, 2.75) is 13.2 Å². The van der Waals surface area contributed by atoms with Crippen LogP contribution in [-0.4, -0.2) is 20.1 Å². The monoisotopic (exact) mass is 295 g/mol. The lowest BCUT2D eigenvalue weighted by atomic mass is 10.1. The van der Waals surface area contributed by atoms with Crippen molar-refractivity contribution < 1.29 is 9.84 Å². The van der Waals surface area contributed by atoms with Crippen LogP contribution in [0.4, 0.5) is 0 Å². The van der Waals surface area contributed by atoms with E-state index >= 15 is 0 Å². The van der Waals surface area contributed by atoms with E-state index in [9.17, 15) is 5.11 Å². The Labute approximate surface area is 128 Å². The fraction of sp³-hybridized carbons (Fsp3) is 0.176. The van der Waals surface area contributed by atoms with Crippen molar-refractivity contribution in [3.63, 3.8) is 0 Å². The van der Waals surface area contributed by atoms with Gasteiger partial charge in [-0.15, -0.1) is 5.10 Å². The first-order valence-electron chi connectivity index (χ1n) is 7.03. The minimum atomic E-state index is 0.231. The number of aryl methyl sites for hydroxylation is 1. The third kappa shape index (κ3) is 3.15. The molecule has 5 nitrogen and oxygen atoms in total. The van der Waals surface area contributed by atoms with E-state index in [4.69, 9.17) is 4.74 Å². The molecular weight excluding hydrogens is 278 g/mol. The van der Waals surface area contributed by atoms with Crippen molar-refractivity contribution in [1.29, 1.82) is 0 Å². The van der Waals surface area contributed by atoms with Gasteiger partial charge in [-0.2, -0.15) is 0 Å². The maximum atomic E-state index is 9.38. The van der Waals surface area contributed by atoms with E-state index in [0.717, 1.165) is 22.5 Å². The summed E-state index contributed by atoms with van der Waals surface area (Å²) < 4.78 is 7.50. The van der Waals surface area contributed by atoms with Gasteiger partial charge in [-0.1, -0.05) is 35.5 Å². The zero-order valence-corrected chi connectivity index (χ0v) is 12.3. The molecule has 0 aliphatic heterocycles. The van der Waals surface area contributed by atoms with Crippen LogP contribution in [0.2, 0.25) is 0 Å². The third-order valence-corrected chi connectivity index (χ3v) is 3.43. The summed E-state index contributed by atoms with van der Waals surface area (Å²) in [5, 5.41) is 17.6. The number of hydrogen-bond donors (Lipinski definition) is 1. The van der Waals surface area contributed by atoms with Crippen LogP contribution >= 0.6 is 0 Å². The van der Waals surface area contributed by atoms with Crippen molar-refractivity contribution in [2.75, 3.05) is 0 Å². The average molecular weight is 295 g/mol. The van der Waals surface area contributed by atoms with Crippen LogP contribution in [0.1, 0.15) is 11.3 Å². The molecule has 0 fully saturated rings. The lowest BCUT2D eigenvalue weighted by Gasteiger charge is -2.07. The molecule has 0 bridgehead atoms. The van der Waals surface area contributed by atoms with Crippen LogP contribution in [0.3, 0.4) is 0 Å². The highest BCUT2D eigenvalue weighted by Gasteiger charge is 2.13. The fourth-order valence-corrected chi connectivity index (χ4v) is 2.22. The summed E-state index contributed by atoms with van der Waals surface area (Å²) in [4.78, 5) is 0. The normalized spacial score (nSPS) is 10.8. The molecule has 1 N–H and O–H groups in total. The Kier molecular flexibility index (Phi) is 4.16. The Morgan fingerprint density at radius 2 is 1.73 bits per heavy atom. The molecule has 0 saturated carbocycles. The molecule has 5 heteroatoms. The zero-order chi connectivity index (χ0) is 15.4. The Hall–Kier alpha value is -2.66. The molecule has 3 rings (SSSR count). The first kappa shape index (κ1) is 14.3. The molecule has 1 heterocycles. The van der Waals surface area contributed by atoms with E-state index in [-0.39, 0.29) is 5.75 Å². The molecule has 2 aromatic carbocycles. The molecule has 0 spiro atoms. The van der Waals surface area contributed by atoms with Crippen molar-refractivity contribution >= 4 is 0 Å². The summed E-state index contributed by atoms with van der Waals surface area (Å²) in [5.41, 5.74) is 3.71. The summed E-state index contributed by atoms with van der Waals surface area (Å²) in [7, 11) is 1.85. The number of hydrogen-bond acceptors (Lipinski definition) is 4. The molecule has 22 heavy (non-hydrogen) atoms. The van der Waals surface area contributed by atoms with Gasteiger partial charge in [0.25, 0.3) is 0 Å². The van der Waals surface area contributed by atoms with Gasteiger partial charge < -0.3 is 9.84 Å². The zero-order valence-electron chi connectivity index (χ0n) is 12.3. The van der Waals surface area contributed by atoms with Crippen molar-refractivity contribution in [3.05, 3.63) is 65.9 Å². The summed E-state index contributed by atoms with van der Waals surface area (Å²) >= 11 is 0. The number of nitrogens with zero attached hydrogens (tertiary/aromatic N) is 3. The summed E-state index contributed by atoms with van der Waals surface area (Å²) in [6, 6.07) is 16.9. The van der Waals surface area contributed by atoms with E-state index in [1.165, 1.54) is 0 Å². The van der Waals surface area contributed by atoms with Crippen LogP contribution < -0.4 is 0 Å². The summed E-state index contributed by atoms with van der Waals surface area (Å²) in [6.45, 7) is 0.968. The maximum absolute atomic E-state index is 9.38. The van der Waals surface area contributed by atoms with Crippen molar-refractivity contribution in [2.24, 2.45) is 7.05 Å². The largest absolute Gasteiger partial charge is 0.508 e. The first-order chi connectivity index (χ1) is 10.7. The van der Waals surface area contributed by atoms with Gasteiger partial charge in [0.05, 0.1) is 18.9 Å². The van der Waals surface area contributed by atoms with Crippen molar-refractivity contribution in [1.82, 2.24) is 15.0 Å². The molecule has 0 radical (unpaired) electrons. The standard InChI is InChI=1S/C17H17N3O2/c1-20-16(12-22-11-13-5-3-2-4-6-13)17(18-19-20)14-7-9-15(21)10-8-14/h2-10,21H,11-12H2,1H3. The highest BCUT2D eigenvalue weighted by molar-refractivity contribution is 5.62. The first-order valence-corrected chi connectivity index (χ1v) is 7.03. The number of aromatic hydroxyl groups is 1. The van der Waals surface area contributed by atoms with Crippen molar-refractivity contribution in [3.8, 4) is 17.0 Å². The predicted octanol–water partition coefficient (Wildman–Crippen LogP) is 2.90. The maximum Gasteiger partial charge on any atom is 0.118 e. The second-order valence-corrected chi connectivity index (χ2v) is 5.03. The lowest BCUT2D eigenvalue weighted by Crippen LogP contribution is -2.02. The lowest BCUT2D eigenvalue weighted by molar-refractivity contribution is 0.102. The van der Waals surface area contributed by atoms with Crippen LogP contribution in [0.15, 0.2) is 54.6 Å². The van der Waals surface area contributed by atoms with Crippen LogP contribution in [0.25, 0.3) is 11.3 Å². The predicted molar refractivity (Wildman–Crippen MR) is 83.0 cm³/mol. The molecule has 1 aromatic heterocycles. The summed E-state index contributed by atoms with van der Waals surface area (Å²) in [6.07, 6.45) is 0. The number of rotatable bonds is 5. The van der Waals surface area contributed by atoms with Gasteiger partial charge in [0.15, 0.2) is 0 Å². The number of benzene rings is 2. The van der Waals surface area contributed by atoms with Gasteiger partial charge in [0.1, 0.15) is 11.4 Å². The number of aromatic nitrogens is 3.